The van der Waals surface area contributed by atoms with Gasteiger partial charge in [-0.05, 0) is 73.9 Å². The number of nitrogens with one attached hydrogen (secondary N) is 2. The van der Waals surface area contributed by atoms with Gasteiger partial charge in [-0.25, -0.2) is 9.69 Å². The van der Waals surface area contributed by atoms with Gasteiger partial charge in [-0.2, -0.15) is 0 Å². The van der Waals surface area contributed by atoms with Gasteiger partial charge in [0.25, 0.3) is 17.7 Å². The predicted molar refractivity (Wildman–Crippen MR) is 162 cm³/mol. The molecule has 0 aromatic heterocycles. The molecule has 3 aromatic carbocycles. The number of aryl methyl sites for hydroxylation is 1. The van der Waals surface area contributed by atoms with Gasteiger partial charge in [0.15, 0.2) is 18.1 Å². The zero-order chi connectivity index (χ0) is 30.4. The van der Waals surface area contributed by atoms with Crippen molar-refractivity contribution in [2.24, 2.45) is 0 Å². The van der Waals surface area contributed by atoms with Crippen LogP contribution in [0.15, 0.2) is 64.6 Å². The Morgan fingerprint density at radius 3 is 2.50 bits per heavy atom. The molecule has 0 unspecified atom stereocenters. The van der Waals surface area contributed by atoms with Crippen LogP contribution in [0.25, 0.3) is 6.08 Å². The second-order valence-corrected chi connectivity index (χ2v) is 10.3. The van der Waals surface area contributed by atoms with Crippen molar-refractivity contribution in [3.05, 3.63) is 81.3 Å². The summed E-state index contributed by atoms with van der Waals surface area (Å²) in [6.07, 6.45) is 2.10. The van der Waals surface area contributed by atoms with E-state index >= 15 is 0 Å². The molecule has 0 aliphatic carbocycles. The largest absolute Gasteiger partial charge is 0.493 e. The van der Waals surface area contributed by atoms with Gasteiger partial charge in [0.2, 0.25) is 0 Å². The van der Waals surface area contributed by atoms with E-state index in [9.17, 15) is 19.2 Å². The van der Waals surface area contributed by atoms with Crippen LogP contribution in [-0.4, -0.2) is 44.1 Å². The van der Waals surface area contributed by atoms with Crippen LogP contribution in [0.4, 0.5) is 16.2 Å². The minimum absolute atomic E-state index is 0.186. The summed E-state index contributed by atoms with van der Waals surface area (Å²) in [7, 11) is 1.45. The monoisotopic (exact) mass is 635 g/mol. The Balaban J connectivity index is 1.59. The van der Waals surface area contributed by atoms with Crippen molar-refractivity contribution in [3.63, 3.8) is 0 Å². The Morgan fingerprint density at radius 2 is 1.76 bits per heavy atom. The first-order chi connectivity index (χ1) is 20.1. The normalized spacial score (nSPS) is 14.1. The van der Waals surface area contributed by atoms with Gasteiger partial charge in [-0.15, -0.1) is 0 Å². The van der Waals surface area contributed by atoms with E-state index in [2.05, 4.69) is 26.6 Å². The molecule has 42 heavy (non-hydrogen) atoms. The summed E-state index contributed by atoms with van der Waals surface area (Å²) in [5, 5.41) is 5.04. The quantitative estimate of drug-likeness (QED) is 0.221. The number of methoxy groups -OCH3 is 1. The highest BCUT2D eigenvalue weighted by atomic mass is 79.9. The lowest BCUT2D eigenvalue weighted by Gasteiger charge is -2.27. The van der Waals surface area contributed by atoms with E-state index in [0.717, 1.165) is 22.4 Å². The van der Waals surface area contributed by atoms with Gasteiger partial charge in [-0.3, -0.25) is 19.7 Å². The molecule has 218 valence electrons. The third-order valence-electron chi connectivity index (χ3n) is 6.48. The first-order valence-electron chi connectivity index (χ1n) is 13.1. The standard InChI is InChI=1S/C31H30BrN3O7/c1-5-13-41-26-12-10-22(16-27(26)40-4)35-30(38)23(29(37)34-31(35)39)15-20-14-21(32)9-11-25(20)42-17-28(36)33-24-8-6-7-18(2)19(24)3/h6-12,14-16H,5,13,17H2,1-4H3,(H,33,36)(H,34,37,39)/b23-15-. The number of halogens is 1. The summed E-state index contributed by atoms with van der Waals surface area (Å²) in [5.41, 5.74) is 2.89. The minimum atomic E-state index is -0.903. The van der Waals surface area contributed by atoms with Crippen LogP contribution < -0.4 is 29.7 Å². The Labute approximate surface area is 251 Å². The molecule has 0 saturated carbocycles. The van der Waals surface area contributed by atoms with E-state index in [0.29, 0.717) is 33.8 Å². The zero-order valence-corrected chi connectivity index (χ0v) is 25.2. The maximum atomic E-state index is 13.5. The van der Waals surface area contributed by atoms with E-state index in [1.165, 1.54) is 25.3 Å². The maximum Gasteiger partial charge on any atom is 0.335 e. The number of rotatable bonds is 10. The Hall–Kier alpha value is -4.64. The van der Waals surface area contributed by atoms with Gasteiger partial charge >= 0.3 is 6.03 Å². The number of hydrogen-bond donors (Lipinski definition) is 2. The smallest absolute Gasteiger partial charge is 0.335 e. The van der Waals surface area contributed by atoms with E-state index < -0.39 is 17.8 Å². The van der Waals surface area contributed by atoms with Crippen molar-refractivity contribution in [2.45, 2.75) is 27.2 Å². The lowest BCUT2D eigenvalue weighted by molar-refractivity contribution is -0.122. The summed E-state index contributed by atoms with van der Waals surface area (Å²) >= 11 is 3.39. The number of amides is 5. The third-order valence-corrected chi connectivity index (χ3v) is 6.97. The number of urea groups is 1. The molecule has 0 spiro atoms. The van der Waals surface area contributed by atoms with Crippen LogP contribution in [0.2, 0.25) is 0 Å². The molecular formula is C31H30BrN3O7. The summed E-state index contributed by atoms with van der Waals surface area (Å²) < 4.78 is 17.5. The van der Waals surface area contributed by atoms with Crippen molar-refractivity contribution >= 4 is 57.1 Å². The molecule has 4 rings (SSSR count). The molecular weight excluding hydrogens is 606 g/mol. The van der Waals surface area contributed by atoms with E-state index in [-0.39, 0.29) is 29.5 Å². The number of barbiturate groups is 1. The van der Waals surface area contributed by atoms with Crippen molar-refractivity contribution in [3.8, 4) is 17.2 Å². The van der Waals surface area contributed by atoms with Gasteiger partial charge in [0, 0.05) is 21.8 Å². The number of anilines is 2. The fourth-order valence-electron chi connectivity index (χ4n) is 4.15. The minimum Gasteiger partial charge on any atom is -0.493 e. The first-order valence-corrected chi connectivity index (χ1v) is 13.9. The zero-order valence-electron chi connectivity index (χ0n) is 23.6. The predicted octanol–water partition coefficient (Wildman–Crippen LogP) is 5.55. The average molecular weight is 636 g/mol. The van der Waals surface area contributed by atoms with Gasteiger partial charge in [-0.1, -0.05) is 35.0 Å². The van der Waals surface area contributed by atoms with Crippen molar-refractivity contribution < 1.29 is 33.4 Å². The highest BCUT2D eigenvalue weighted by Gasteiger charge is 2.37. The Morgan fingerprint density at radius 1 is 1.00 bits per heavy atom. The second kappa shape index (κ2) is 13.3. The lowest BCUT2D eigenvalue weighted by Crippen LogP contribution is -2.54. The summed E-state index contributed by atoms with van der Waals surface area (Å²) in [6, 6.07) is 14.2. The van der Waals surface area contributed by atoms with Gasteiger partial charge in [0.05, 0.1) is 19.4 Å². The van der Waals surface area contributed by atoms with Gasteiger partial charge < -0.3 is 19.5 Å². The van der Waals surface area contributed by atoms with E-state index in [1.54, 1.807) is 30.3 Å². The highest BCUT2D eigenvalue weighted by Crippen LogP contribution is 2.34. The van der Waals surface area contributed by atoms with Crippen LogP contribution in [0.5, 0.6) is 17.2 Å². The molecule has 0 radical (unpaired) electrons. The van der Waals surface area contributed by atoms with Crippen LogP contribution in [0, 0.1) is 13.8 Å². The molecule has 1 heterocycles. The average Bonchev–Trinajstić information content (AvgIpc) is 2.96. The number of imide groups is 2. The molecule has 1 aliphatic heterocycles. The molecule has 5 amide bonds. The molecule has 0 atom stereocenters. The molecule has 1 aliphatic rings. The van der Waals surface area contributed by atoms with E-state index in [1.807, 2.05) is 32.9 Å². The van der Waals surface area contributed by atoms with Crippen LogP contribution in [-0.2, 0) is 14.4 Å². The number of carbonyl (C=O) groups excluding carboxylic acids is 4. The highest BCUT2D eigenvalue weighted by molar-refractivity contribution is 9.10. The topological polar surface area (TPSA) is 123 Å². The fraction of sp³-hybridized carbons (Fsp3) is 0.226. The molecule has 1 saturated heterocycles. The number of nitrogens with zero attached hydrogens (tertiary/aromatic N) is 1. The Bertz CT molecular complexity index is 1580. The summed E-state index contributed by atoms with van der Waals surface area (Å²) in [5.74, 6) is -1.05. The van der Waals surface area contributed by atoms with Crippen molar-refractivity contribution in [1.82, 2.24) is 5.32 Å². The molecule has 2 N–H and O–H groups in total. The summed E-state index contributed by atoms with van der Waals surface area (Å²) in [4.78, 5) is 52.6. The second-order valence-electron chi connectivity index (χ2n) is 9.41. The number of ether oxygens (including phenoxy) is 3. The molecule has 10 nitrogen and oxygen atoms in total. The third kappa shape index (κ3) is 6.80. The van der Waals surface area contributed by atoms with Crippen LogP contribution >= 0.6 is 15.9 Å². The SMILES string of the molecule is CCCOc1ccc(N2C(=O)NC(=O)/C(=C/c3cc(Br)ccc3OCC(=O)Nc3cccc(C)c3C)C2=O)cc1OC. The number of benzene rings is 3. The van der Waals surface area contributed by atoms with E-state index in [4.69, 9.17) is 14.2 Å². The number of hydrogen-bond acceptors (Lipinski definition) is 7. The number of carbonyl (C=O) groups is 4. The molecule has 11 heteroatoms. The molecule has 0 bridgehead atoms. The fourth-order valence-corrected chi connectivity index (χ4v) is 4.53. The lowest BCUT2D eigenvalue weighted by atomic mass is 10.1. The van der Waals surface area contributed by atoms with Crippen LogP contribution in [0.1, 0.15) is 30.0 Å². The first kappa shape index (κ1) is 30.3. The van der Waals surface area contributed by atoms with Gasteiger partial charge in [0.1, 0.15) is 11.3 Å². The molecule has 1 fully saturated rings. The van der Waals surface area contributed by atoms with Crippen molar-refractivity contribution in [2.75, 3.05) is 30.5 Å². The van der Waals surface area contributed by atoms with Crippen LogP contribution in [0.3, 0.4) is 0 Å². The van der Waals surface area contributed by atoms with Crippen molar-refractivity contribution in [1.29, 1.82) is 0 Å². The molecule has 3 aromatic rings. The maximum absolute atomic E-state index is 13.5. The summed E-state index contributed by atoms with van der Waals surface area (Å²) in [6.45, 7) is 5.97. The Kier molecular flexibility index (Phi) is 9.64.